The summed E-state index contributed by atoms with van der Waals surface area (Å²) in [4.78, 5) is 24.9. The second kappa shape index (κ2) is 8.11. The topological polar surface area (TPSA) is 72.8 Å². The Hall–Kier alpha value is -1.88. The lowest BCUT2D eigenvalue weighted by molar-refractivity contribution is -0.167. The minimum absolute atomic E-state index is 0.0402. The highest BCUT2D eigenvalue weighted by atomic mass is 16.5. The number of aliphatic hydroxyl groups is 1. The van der Waals surface area contributed by atoms with E-state index in [0.29, 0.717) is 29.9 Å². The summed E-state index contributed by atoms with van der Waals surface area (Å²) in [5.74, 6) is 1.28. The van der Waals surface area contributed by atoms with Crippen molar-refractivity contribution in [3.05, 3.63) is 29.3 Å². The van der Waals surface area contributed by atoms with E-state index < -0.39 is 16.9 Å². The van der Waals surface area contributed by atoms with Gasteiger partial charge in [0.1, 0.15) is 11.9 Å². The van der Waals surface area contributed by atoms with E-state index in [1.807, 2.05) is 53.7 Å². The molecule has 6 atom stereocenters. The average molecular weight is 457 g/mol. The van der Waals surface area contributed by atoms with E-state index >= 15 is 0 Å². The monoisotopic (exact) mass is 456 g/mol. The first-order valence-corrected chi connectivity index (χ1v) is 12.5. The minimum Gasteiger partial charge on any atom is -0.461 e. The fourth-order valence-corrected chi connectivity index (χ4v) is 6.34. The second-order valence-electron chi connectivity index (χ2n) is 12.8. The van der Waals surface area contributed by atoms with Gasteiger partial charge in [-0.3, -0.25) is 9.59 Å². The van der Waals surface area contributed by atoms with Crippen molar-refractivity contribution in [1.82, 2.24) is 0 Å². The summed E-state index contributed by atoms with van der Waals surface area (Å²) < 4.78 is 11.6. The third-order valence-corrected chi connectivity index (χ3v) is 8.35. The van der Waals surface area contributed by atoms with Crippen molar-refractivity contribution in [3.63, 3.8) is 0 Å². The Morgan fingerprint density at radius 1 is 0.970 bits per heavy atom. The summed E-state index contributed by atoms with van der Waals surface area (Å²) in [5, 5.41) is 11.1. The summed E-state index contributed by atoms with van der Waals surface area (Å²) in [5.41, 5.74) is 0.962. The van der Waals surface area contributed by atoms with Crippen LogP contribution in [-0.2, 0) is 14.3 Å². The molecule has 1 aromatic carbocycles. The molecule has 2 unspecified atom stereocenters. The summed E-state index contributed by atoms with van der Waals surface area (Å²) in [6.45, 7) is 13.5. The summed E-state index contributed by atoms with van der Waals surface area (Å²) in [6.07, 6.45) is 4.04. The number of rotatable bonds is 2. The van der Waals surface area contributed by atoms with E-state index in [4.69, 9.17) is 9.47 Å². The highest BCUT2D eigenvalue weighted by Gasteiger charge is 2.57. The zero-order valence-electron chi connectivity index (χ0n) is 21.2. The molecule has 3 aliphatic carbocycles. The number of carbonyl (C=O) groups is 2. The Morgan fingerprint density at radius 2 is 1.64 bits per heavy atom. The predicted octanol–water partition coefficient (Wildman–Crippen LogP) is 5.94. The number of ether oxygens (including phenoxy) is 2. The molecule has 0 spiro atoms. The van der Waals surface area contributed by atoms with Crippen LogP contribution in [0.4, 0.5) is 0 Å². The lowest BCUT2D eigenvalue weighted by Gasteiger charge is -2.51. The van der Waals surface area contributed by atoms with Gasteiger partial charge in [0, 0.05) is 5.41 Å². The molecule has 3 aliphatic rings. The molecule has 33 heavy (non-hydrogen) atoms. The zero-order valence-corrected chi connectivity index (χ0v) is 21.2. The molecule has 0 radical (unpaired) electrons. The summed E-state index contributed by atoms with van der Waals surface area (Å²) in [7, 11) is 0. The standard InChI is InChI=1S/C28H40O5/c1-26(2,3)24(30)32-16-8-9-17-18-12-13-28(7)21(19(18)15-22(29)20(17)14-16)10-11-23(28)33-25(31)27(4,5)6/h8-9,14,18-19,21-23,29H,10-13,15H2,1-7H3/t18-,19-,21+,22?,23?,28+/m1/s1. The van der Waals surface area contributed by atoms with Gasteiger partial charge in [-0.05, 0) is 115 Å². The van der Waals surface area contributed by atoms with Gasteiger partial charge in [-0.2, -0.15) is 0 Å². The summed E-state index contributed by atoms with van der Waals surface area (Å²) >= 11 is 0. The van der Waals surface area contributed by atoms with Gasteiger partial charge in [0.05, 0.1) is 16.9 Å². The van der Waals surface area contributed by atoms with Gasteiger partial charge < -0.3 is 14.6 Å². The van der Waals surface area contributed by atoms with E-state index in [0.717, 1.165) is 31.2 Å². The molecular weight excluding hydrogens is 416 g/mol. The van der Waals surface area contributed by atoms with Gasteiger partial charge in [-0.25, -0.2) is 0 Å². The smallest absolute Gasteiger partial charge is 0.316 e. The van der Waals surface area contributed by atoms with Crippen LogP contribution in [0, 0.1) is 28.1 Å². The SMILES string of the molecule is CC(C)(C)C(=O)Oc1ccc2c(c1)C(O)C[C@@H]1[C@@H]2CC[C@]2(C)C(OC(=O)C(C)(C)C)CC[C@@H]12. The van der Waals surface area contributed by atoms with Gasteiger partial charge in [-0.1, -0.05) is 13.0 Å². The van der Waals surface area contributed by atoms with Crippen LogP contribution >= 0.6 is 0 Å². The van der Waals surface area contributed by atoms with Crippen LogP contribution in [0.25, 0.3) is 0 Å². The van der Waals surface area contributed by atoms with Crippen molar-refractivity contribution < 1.29 is 24.2 Å². The highest BCUT2D eigenvalue weighted by molar-refractivity contribution is 5.78. The van der Waals surface area contributed by atoms with E-state index in [-0.39, 0.29) is 23.5 Å². The van der Waals surface area contributed by atoms with Crippen molar-refractivity contribution in [3.8, 4) is 5.75 Å². The molecule has 0 heterocycles. The molecule has 0 amide bonds. The predicted molar refractivity (Wildman–Crippen MR) is 127 cm³/mol. The normalized spacial score (nSPS) is 33.5. The fourth-order valence-electron chi connectivity index (χ4n) is 6.34. The Morgan fingerprint density at radius 3 is 2.27 bits per heavy atom. The van der Waals surface area contributed by atoms with Gasteiger partial charge >= 0.3 is 11.9 Å². The molecule has 2 fully saturated rings. The van der Waals surface area contributed by atoms with Crippen LogP contribution in [-0.4, -0.2) is 23.1 Å². The second-order valence-corrected chi connectivity index (χ2v) is 12.8. The van der Waals surface area contributed by atoms with Crippen LogP contribution in [0.1, 0.15) is 104 Å². The first kappa shape index (κ1) is 24.3. The maximum Gasteiger partial charge on any atom is 0.316 e. The van der Waals surface area contributed by atoms with E-state index in [2.05, 4.69) is 13.0 Å². The summed E-state index contributed by atoms with van der Waals surface area (Å²) in [6, 6.07) is 5.78. The molecular formula is C28H40O5. The van der Waals surface area contributed by atoms with Crippen molar-refractivity contribution >= 4 is 11.9 Å². The minimum atomic E-state index is -0.580. The molecule has 0 bridgehead atoms. The van der Waals surface area contributed by atoms with Gasteiger partial charge in [0.15, 0.2) is 0 Å². The first-order valence-electron chi connectivity index (χ1n) is 12.5. The first-order chi connectivity index (χ1) is 15.2. The van der Waals surface area contributed by atoms with Crippen LogP contribution < -0.4 is 4.74 Å². The molecule has 1 aromatic rings. The third-order valence-electron chi connectivity index (χ3n) is 8.35. The number of aliphatic hydroxyl groups excluding tert-OH is 1. The van der Waals surface area contributed by atoms with Crippen LogP contribution in [0.3, 0.4) is 0 Å². The lowest BCUT2D eigenvalue weighted by Crippen LogP contribution is -2.46. The van der Waals surface area contributed by atoms with Gasteiger partial charge in [0.2, 0.25) is 0 Å². The number of hydrogen-bond acceptors (Lipinski definition) is 5. The molecule has 4 rings (SSSR count). The number of fused-ring (bicyclic) bond motifs is 5. The maximum atomic E-state index is 12.6. The molecule has 0 aromatic heterocycles. The molecule has 0 saturated heterocycles. The van der Waals surface area contributed by atoms with Crippen molar-refractivity contribution in [2.45, 2.75) is 98.7 Å². The molecule has 5 nitrogen and oxygen atoms in total. The zero-order chi connectivity index (χ0) is 24.3. The van der Waals surface area contributed by atoms with Crippen molar-refractivity contribution in [2.24, 2.45) is 28.1 Å². The highest BCUT2D eigenvalue weighted by Crippen LogP contribution is 2.63. The van der Waals surface area contributed by atoms with E-state index in [1.54, 1.807) is 0 Å². The third kappa shape index (κ3) is 4.34. The van der Waals surface area contributed by atoms with Gasteiger partial charge in [-0.15, -0.1) is 0 Å². The largest absolute Gasteiger partial charge is 0.461 e. The Labute approximate surface area is 198 Å². The van der Waals surface area contributed by atoms with Gasteiger partial charge in [0.25, 0.3) is 0 Å². The Kier molecular flexibility index (Phi) is 5.96. The Balaban J connectivity index is 1.56. The maximum absolute atomic E-state index is 12.6. The van der Waals surface area contributed by atoms with Crippen molar-refractivity contribution in [1.29, 1.82) is 0 Å². The van der Waals surface area contributed by atoms with Crippen LogP contribution in [0.15, 0.2) is 18.2 Å². The fraction of sp³-hybridized carbons (Fsp3) is 0.714. The molecule has 1 N–H and O–H groups in total. The van der Waals surface area contributed by atoms with E-state index in [1.165, 1.54) is 5.56 Å². The molecule has 182 valence electrons. The number of hydrogen-bond donors (Lipinski definition) is 1. The average Bonchev–Trinajstić information content (AvgIpc) is 3.03. The quantitative estimate of drug-likeness (QED) is 0.440. The number of esters is 2. The van der Waals surface area contributed by atoms with Crippen molar-refractivity contribution in [2.75, 3.05) is 0 Å². The van der Waals surface area contributed by atoms with E-state index in [9.17, 15) is 14.7 Å². The van der Waals surface area contributed by atoms with Crippen LogP contribution in [0.5, 0.6) is 5.75 Å². The number of benzene rings is 1. The molecule has 0 aliphatic heterocycles. The molecule has 2 saturated carbocycles. The lowest BCUT2D eigenvalue weighted by atomic mass is 9.55. The molecule has 5 heteroatoms. The Bertz CT molecular complexity index is 937. The van der Waals surface area contributed by atoms with Crippen LogP contribution in [0.2, 0.25) is 0 Å². The number of carbonyl (C=O) groups excluding carboxylic acids is 2.